The lowest BCUT2D eigenvalue weighted by Crippen LogP contribution is -2.29. The van der Waals surface area contributed by atoms with Gasteiger partial charge in [0.2, 0.25) is 0 Å². The van der Waals surface area contributed by atoms with Gasteiger partial charge in [0, 0.05) is 11.8 Å². The Morgan fingerprint density at radius 3 is 2.52 bits per heavy atom. The van der Waals surface area contributed by atoms with Gasteiger partial charge in [-0.2, -0.15) is 0 Å². The third-order valence-corrected chi connectivity index (χ3v) is 7.65. The minimum Gasteiger partial charge on any atom is -0.0836 e. The summed E-state index contributed by atoms with van der Waals surface area (Å²) in [5.74, 6) is 1.14. The van der Waals surface area contributed by atoms with E-state index < -0.39 is 0 Å². The molecular formula is C27H26. The van der Waals surface area contributed by atoms with Crippen molar-refractivity contribution >= 4 is 11.1 Å². The molecule has 0 fully saturated rings. The first-order valence-corrected chi connectivity index (χ1v) is 10.5. The summed E-state index contributed by atoms with van der Waals surface area (Å²) in [6, 6.07) is 18.4. The number of hydrogen-bond donors (Lipinski definition) is 0. The van der Waals surface area contributed by atoms with Crippen LogP contribution < -0.4 is 0 Å². The van der Waals surface area contributed by atoms with Crippen molar-refractivity contribution in [2.75, 3.05) is 0 Å². The third kappa shape index (κ3) is 1.94. The van der Waals surface area contributed by atoms with Crippen LogP contribution >= 0.6 is 0 Å². The van der Waals surface area contributed by atoms with Gasteiger partial charge in [-0.1, -0.05) is 85.7 Å². The summed E-state index contributed by atoms with van der Waals surface area (Å²) in [4.78, 5) is 0. The van der Waals surface area contributed by atoms with Gasteiger partial charge in [0.25, 0.3) is 0 Å². The van der Waals surface area contributed by atoms with Crippen LogP contribution in [0.4, 0.5) is 0 Å². The molecule has 2 aromatic carbocycles. The van der Waals surface area contributed by atoms with Crippen molar-refractivity contribution in [1.29, 1.82) is 0 Å². The van der Waals surface area contributed by atoms with E-state index in [1.165, 1.54) is 36.8 Å². The van der Waals surface area contributed by atoms with Gasteiger partial charge < -0.3 is 0 Å². The van der Waals surface area contributed by atoms with Crippen molar-refractivity contribution in [2.24, 2.45) is 11.3 Å². The first-order valence-electron chi connectivity index (χ1n) is 10.5. The molecule has 0 N–H and O–H groups in total. The van der Waals surface area contributed by atoms with E-state index in [0.717, 1.165) is 0 Å². The molecule has 0 heterocycles. The molecule has 27 heavy (non-hydrogen) atoms. The van der Waals surface area contributed by atoms with Crippen molar-refractivity contribution in [3.05, 3.63) is 94.1 Å². The van der Waals surface area contributed by atoms with Gasteiger partial charge >= 0.3 is 0 Å². The predicted molar refractivity (Wildman–Crippen MR) is 113 cm³/mol. The van der Waals surface area contributed by atoms with Crippen LogP contribution in [0.15, 0.2) is 71.8 Å². The van der Waals surface area contributed by atoms with Gasteiger partial charge in [0.05, 0.1) is 0 Å². The maximum Gasteiger partial charge on any atom is 0.0140 e. The van der Waals surface area contributed by atoms with Crippen molar-refractivity contribution in [3.8, 4) is 0 Å². The van der Waals surface area contributed by atoms with Gasteiger partial charge in [-0.25, -0.2) is 0 Å². The highest BCUT2D eigenvalue weighted by molar-refractivity contribution is 5.90. The van der Waals surface area contributed by atoms with E-state index in [0.29, 0.717) is 11.8 Å². The molecule has 2 unspecified atom stereocenters. The lowest BCUT2D eigenvalue weighted by Gasteiger charge is -2.41. The molecule has 0 radical (unpaired) electrons. The molecule has 0 spiro atoms. The summed E-state index contributed by atoms with van der Waals surface area (Å²) in [6.45, 7) is 5.03. The quantitative estimate of drug-likeness (QED) is 0.482. The van der Waals surface area contributed by atoms with E-state index >= 15 is 0 Å². The topological polar surface area (TPSA) is 0 Å². The molecular weight excluding hydrogens is 324 g/mol. The Bertz CT molecular complexity index is 1060. The Morgan fingerprint density at radius 1 is 0.852 bits per heavy atom. The monoisotopic (exact) mass is 350 g/mol. The molecule has 0 saturated heterocycles. The zero-order valence-corrected chi connectivity index (χ0v) is 16.3. The number of fused-ring (bicyclic) bond motifs is 8. The Hall–Kier alpha value is -2.34. The highest BCUT2D eigenvalue weighted by Crippen LogP contribution is 2.66. The third-order valence-electron chi connectivity index (χ3n) is 7.65. The van der Waals surface area contributed by atoms with Gasteiger partial charge in [0.1, 0.15) is 0 Å². The molecule has 0 heteroatoms. The number of rotatable bonds is 0. The summed E-state index contributed by atoms with van der Waals surface area (Å²) in [6.07, 6.45) is 9.62. The van der Waals surface area contributed by atoms with Crippen LogP contribution in [0.3, 0.4) is 0 Å². The van der Waals surface area contributed by atoms with E-state index in [4.69, 9.17) is 0 Å². The van der Waals surface area contributed by atoms with Gasteiger partial charge in [-0.05, 0) is 64.5 Å². The maximum absolute atomic E-state index is 2.52. The lowest BCUT2D eigenvalue weighted by molar-refractivity contribution is 0.330. The smallest absolute Gasteiger partial charge is 0.0140 e. The van der Waals surface area contributed by atoms with Crippen molar-refractivity contribution < 1.29 is 0 Å². The first-order chi connectivity index (χ1) is 13.2. The van der Waals surface area contributed by atoms with Crippen LogP contribution in [-0.4, -0.2) is 0 Å². The predicted octanol–water partition coefficient (Wildman–Crippen LogP) is 6.94. The van der Waals surface area contributed by atoms with Gasteiger partial charge in [-0.3, -0.25) is 0 Å². The van der Waals surface area contributed by atoms with Crippen LogP contribution in [0.25, 0.3) is 11.1 Å². The second-order valence-corrected chi connectivity index (χ2v) is 9.19. The highest BCUT2D eigenvalue weighted by Gasteiger charge is 2.53. The molecule has 6 rings (SSSR count). The zero-order chi connectivity index (χ0) is 18.2. The lowest BCUT2D eigenvalue weighted by atomic mass is 9.62. The van der Waals surface area contributed by atoms with Gasteiger partial charge in [0.15, 0.2) is 0 Å². The molecule has 0 aliphatic heterocycles. The summed E-state index contributed by atoms with van der Waals surface area (Å²) in [7, 11) is 0. The zero-order valence-electron chi connectivity index (χ0n) is 16.3. The molecule has 2 aromatic rings. The molecule has 0 aromatic heterocycles. The summed E-state index contributed by atoms with van der Waals surface area (Å²) in [5, 5.41) is 0. The van der Waals surface area contributed by atoms with Crippen LogP contribution in [0.2, 0.25) is 0 Å². The fourth-order valence-corrected chi connectivity index (χ4v) is 6.58. The molecule has 0 bridgehead atoms. The molecule has 0 amide bonds. The average molecular weight is 351 g/mol. The van der Waals surface area contributed by atoms with Crippen LogP contribution in [0, 0.1) is 11.3 Å². The standard InChI is InChI=1S/C27H26/c1-27(2)23-16-15-17-9-3-4-10-18(17)24(23)25-21-13-7-5-11-19(21)20-12-6-8-14-22(20)26(25)27/h3-6,8-12,14,25-26H,7,13,15-16H2,1-2H3. The van der Waals surface area contributed by atoms with Crippen LogP contribution in [-0.2, 0) is 6.42 Å². The molecule has 2 atom stereocenters. The van der Waals surface area contributed by atoms with Gasteiger partial charge in [-0.15, -0.1) is 0 Å². The first kappa shape index (κ1) is 15.7. The minimum absolute atomic E-state index is 0.226. The van der Waals surface area contributed by atoms with Crippen molar-refractivity contribution in [1.82, 2.24) is 0 Å². The Labute approximate surface area is 162 Å². The SMILES string of the molecule is CC1(C)C2=C(c3ccccc3CC2)C2C3=C(C=CCC3)c3ccccc3C21. The van der Waals surface area contributed by atoms with Crippen molar-refractivity contribution in [2.45, 2.75) is 45.4 Å². The van der Waals surface area contributed by atoms with Crippen LogP contribution in [0.5, 0.6) is 0 Å². The Balaban J connectivity index is 1.68. The van der Waals surface area contributed by atoms with E-state index in [9.17, 15) is 0 Å². The van der Waals surface area contributed by atoms with E-state index in [1.54, 1.807) is 33.4 Å². The van der Waals surface area contributed by atoms with E-state index in [-0.39, 0.29) is 5.41 Å². The van der Waals surface area contributed by atoms with E-state index in [2.05, 4.69) is 74.5 Å². The normalized spacial score (nSPS) is 26.9. The largest absolute Gasteiger partial charge is 0.0836 e. The number of allylic oxidation sites excluding steroid dienone is 6. The molecule has 4 aliphatic rings. The van der Waals surface area contributed by atoms with Crippen molar-refractivity contribution in [3.63, 3.8) is 0 Å². The summed E-state index contributed by atoms with van der Waals surface area (Å²) >= 11 is 0. The fourth-order valence-electron chi connectivity index (χ4n) is 6.58. The molecule has 4 aliphatic carbocycles. The van der Waals surface area contributed by atoms with Crippen LogP contribution in [0.1, 0.15) is 61.3 Å². The maximum atomic E-state index is 2.52. The number of benzene rings is 2. The molecule has 134 valence electrons. The minimum atomic E-state index is 0.226. The summed E-state index contributed by atoms with van der Waals surface area (Å²) < 4.78 is 0. The average Bonchev–Trinajstić information content (AvgIpc) is 2.96. The second kappa shape index (κ2) is 5.35. The molecule has 0 nitrogen and oxygen atoms in total. The second-order valence-electron chi connectivity index (χ2n) is 9.19. The van der Waals surface area contributed by atoms with E-state index in [1.807, 2.05) is 0 Å². The number of hydrogen-bond acceptors (Lipinski definition) is 0. The molecule has 0 saturated carbocycles. The Morgan fingerprint density at radius 2 is 1.63 bits per heavy atom. The Kier molecular flexibility index (Phi) is 3.11. The summed E-state index contributed by atoms with van der Waals surface area (Å²) in [5.41, 5.74) is 13.0. The fraction of sp³-hybridized carbons (Fsp3) is 0.333. The highest BCUT2D eigenvalue weighted by atomic mass is 14.6. The number of aryl methyl sites for hydroxylation is 1.